The van der Waals surface area contributed by atoms with Crippen LogP contribution in [-0.2, 0) is 6.42 Å². The summed E-state index contributed by atoms with van der Waals surface area (Å²) in [7, 11) is 0. The highest BCUT2D eigenvalue weighted by molar-refractivity contribution is 6.10. The van der Waals surface area contributed by atoms with Crippen LogP contribution in [0.2, 0.25) is 0 Å². The van der Waals surface area contributed by atoms with Gasteiger partial charge in [-0.2, -0.15) is 0 Å². The van der Waals surface area contributed by atoms with Gasteiger partial charge in [-0.1, -0.05) is 60.7 Å². The van der Waals surface area contributed by atoms with E-state index in [4.69, 9.17) is 4.74 Å². The second kappa shape index (κ2) is 14.2. The Kier molecular flexibility index (Phi) is 11.7. The number of benzene rings is 3. The van der Waals surface area contributed by atoms with Gasteiger partial charge in [0.2, 0.25) is 0 Å². The first kappa shape index (κ1) is 27.1. The number of ketones is 1. The third-order valence-corrected chi connectivity index (χ3v) is 5.97. The number of aryl methyl sites for hydroxylation is 1. The van der Waals surface area contributed by atoms with Crippen LogP contribution in [0.15, 0.2) is 66.7 Å². The lowest BCUT2D eigenvalue weighted by Gasteiger charge is -2.27. The molecule has 0 amide bonds. The van der Waals surface area contributed by atoms with Gasteiger partial charge >= 0.3 is 0 Å². The van der Waals surface area contributed by atoms with E-state index in [1.807, 2.05) is 42.5 Å². The second-order valence-corrected chi connectivity index (χ2v) is 8.22. The zero-order valence-corrected chi connectivity index (χ0v) is 20.6. The summed E-state index contributed by atoms with van der Waals surface area (Å²) in [6.07, 6.45) is 3.25. The Bertz CT molecular complexity index is 992. The van der Waals surface area contributed by atoms with Crippen LogP contribution in [0.25, 0.3) is 10.8 Å². The third kappa shape index (κ3) is 7.72. The minimum absolute atomic E-state index is 0. The molecule has 0 aromatic heterocycles. The van der Waals surface area contributed by atoms with Gasteiger partial charge in [-0.05, 0) is 41.7 Å². The van der Waals surface area contributed by atoms with Crippen molar-refractivity contribution in [2.75, 3.05) is 39.3 Å². The number of carbonyl (C=O) groups excluding carboxylic acids is 1. The molecule has 0 aliphatic carbocycles. The topological polar surface area (TPSA) is 41.6 Å². The summed E-state index contributed by atoms with van der Waals surface area (Å²) in [6.45, 7) is 5.99. The monoisotopic (exact) mass is 488 g/mol. The van der Waals surface area contributed by atoms with Crippen LogP contribution in [0.5, 0.6) is 5.75 Å². The van der Waals surface area contributed by atoms with Crippen molar-refractivity contribution in [3.8, 4) is 5.75 Å². The number of piperazine rings is 1. The first-order chi connectivity index (χ1) is 15.3. The van der Waals surface area contributed by atoms with Gasteiger partial charge in [-0.25, -0.2) is 0 Å². The fourth-order valence-electron chi connectivity index (χ4n) is 4.29. The van der Waals surface area contributed by atoms with Crippen molar-refractivity contribution >= 4 is 41.4 Å². The number of hydrogen-bond acceptors (Lipinski definition) is 4. The highest BCUT2D eigenvalue weighted by Gasteiger charge is 2.17. The quantitative estimate of drug-likeness (QED) is 0.299. The van der Waals surface area contributed by atoms with Crippen molar-refractivity contribution in [3.05, 3.63) is 77.9 Å². The predicted molar refractivity (Wildman–Crippen MR) is 142 cm³/mol. The molecule has 33 heavy (non-hydrogen) atoms. The van der Waals surface area contributed by atoms with Crippen LogP contribution >= 0.6 is 24.8 Å². The molecule has 1 aliphatic heterocycles. The maximum atomic E-state index is 13.3. The highest BCUT2D eigenvalue weighted by Crippen LogP contribution is 2.30. The van der Waals surface area contributed by atoms with E-state index in [2.05, 4.69) is 34.5 Å². The second-order valence-electron chi connectivity index (χ2n) is 8.22. The highest BCUT2D eigenvalue weighted by atomic mass is 35.5. The van der Waals surface area contributed by atoms with Crippen molar-refractivity contribution in [1.29, 1.82) is 0 Å². The standard InChI is InChI=1S/C27H32N2O2.2ClH/c30-25(13-6-10-22-8-2-1-3-9-22)27-24-12-5-4-11-23(24)14-15-26(27)31-21-7-18-29-19-16-28-17-20-29;;/h1-5,8-9,11-12,14-15,28H,6-7,10,13,16-21H2;2*1H. The summed E-state index contributed by atoms with van der Waals surface area (Å²) in [5.41, 5.74) is 2.02. The van der Waals surface area contributed by atoms with Crippen molar-refractivity contribution in [1.82, 2.24) is 10.2 Å². The van der Waals surface area contributed by atoms with E-state index < -0.39 is 0 Å². The Morgan fingerprint density at radius 2 is 1.61 bits per heavy atom. The molecule has 0 unspecified atom stereocenters. The van der Waals surface area contributed by atoms with E-state index in [0.717, 1.165) is 74.1 Å². The molecular weight excluding hydrogens is 455 g/mol. The average Bonchev–Trinajstić information content (AvgIpc) is 2.83. The molecule has 1 N–H and O–H groups in total. The van der Waals surface area contributed by atoms with Gasteiger partial charge in [-0.3, -0.25) is 4.79 Å². The smallest absolute Gasteiger partial charge is 0.167 e. The van der Waals surface area contributed by atoms with E-state index in [0.29, 0.717) is 13.0 Å². The molecule has 0 spiro atoms. The Hall–Kier alpha value is -2.11. The number of nitrogens with one attached hydrogen (secondary N) is 1. The van der Waals surface area contributed by atoms with Gasteiger partial charge in [0.1, 0.15) is 5.75 Å². The van der Waals surface area contributed by atoms with Crippen molar-refractivity contribution < 1.29 is 9.53 Å². The number of hydrogen-bond donors (Lipinski definition) is 1. The molecule has 0 atom stereocenters. The Morgan fingerprint density at radius 1 is 0.879 bits per heavy atom. The number of halogens is 2. The number of carbonyl (C=O) groups is 1. The fraction of sp³-hybridized carbons (Fsp3) is 0.370. The summed E-state index contributed by atoms with van der Waals surface area (Å²) in [4.78, 5) is 15.7. The number of nitrogens with zero attached hydrogens (tertiary/aromatic N) is 1. The average molecular weight is 489 g/mol. The van der Waals surface area contributed by atoms with Gasteiger partial charge in [0.05, 0.1) is 12.2 Å². The molecule has 178 valence electrons. The predicted octanol–water partition coefficient (Wildman–Crippen LogP) is 5.56. The van der Waals surface area contributed by atoms with Crippen LogP contribution < -0.4 is 10.1 Å². The van der Waals surface area contributed by atoms with Crippen molar-refractivity contribution in [2.45, 2.75) is 25.7 Å². The fourth-order valence-corrected chi connectivity index (χ4v) is 4.29. The Balaban J connectivity index is 0.00000193. The molecule has 4 rings (SSSR count). The molecule has 3 aromatic carbocycles. The van der Waals surface area contributed by atoms with Gasteiger partial charge in [0, 0.05) is 39.1 Å². The van der Waals surface area contributed by atoms with Crippen LogP contribution in [0.3, 0.4) is 0 Å². The minimum atomic E-state index is 0. The number of fused-ring (bicyclic) bond motifs is 1. The van der Waals surface area contributed by atoms with E-state index in [1.165, 1.54) is 5.56 Å². The molecule has 6 heteroatoms. The minimum Gasteiger partial charge on any atom is -0.493 e. The summed E-state index contributed by atoms with van der Waals surface area (Å²) >= 11 is 0. The maximum Gasteiger partial charge on any atom is 0.167 e. The van der Waals surface area contributed by atoms with E-state index in [9.17, 15) is 4.79 Å². The molecular formula is C27H34Cl2N2O2. The summed E-state index contributed by atoms with van der Waals surface area (Å²) < 4.78 is 6.16. The summed E-state index contributed by atoms with van der Waals surface area (Å²) in [5.74, 6) is 0.897. The van der Waals surface area contributed by atoms with Crippen LogP contribution in [-0.4, -0.2) is 50.0 Å². The lowest BCUT2D eigenvalue weighted by atomic mass is 9.96. The molecule has 1 fully saturated rings. The Morgan fingerprint density at radius 3 is 2.39 bits per heavy atom. The van der Waals surface area contributed by atoms with Crippen LogP contribution in [0.4, 0.5) is 0 Å². The van der Waals surface area contributed by atoms with E-state index in [-0.39, 0.29) is 30.6 Å². The van der Waals surface area contributed by atoms with Crippen LogP contribution in [0.1, 0.15) is 35.2 Å². The van der Waals surface area contributed by atoms with E-state index in [1.54, 1.807) is 0 Å². The number of ether oxygens (including phenoxy) is 1. The molecule has 0 saturated carbocycles. The van der Waals surface area contributed by atoms with Gasteiger partial charge in [-0.15, -0.1) is 24.8 Å². The summed E-state index contributed by atoms with van der Waals surface area (Å²) in [5, 5.41) is 5.46. The maximum absolute atomic E-state index is 13.3. The molecule has 0 bridgehead atoms. The third-order valence-electron chi connectivity index (χ3n) is 5.97. The molecule has 1 heterocycles. The lowest BCUT2D eigenvalue weighted by Crippen LogP contribution is -2.43. The first-order valence-corrected chi connectivity index (χ1v) is 11.5. The SMILES string of the molecule is Cl.Cl.O=C(CCCc1ccccc1)c1c(OCCCN2CCNCC2)ccc2ccccc12. The van der Waals surface area contributed by atoms with Crippen LogP contribution in [0, 0.1) is 0 Å². The normalized spacial score (nSPS) is 13.7. The first-order valence-electron chi connectivity index (χ1n) is 11.5. The Labute approximate surface area is 209 Å². The molecule has 4 nitrogen and oxygen atoms in total. The molecule has 1 aliphatic rings. The van der Waals surface area contributed by atoms with Gasteiger partial charge < -0.3 is 15.0 Å². The zero-order chi connectivity index (χ0) is 21.3. The zero-order valence-electron chi connectivity index (χ0n) is 19.0. The molecule has 0 radical (unpaired) electrons. The lowest BCUT2D eigenvalue weighted by molar-refractivity contribution is 0.0977. The molecule has 1 saturated heterocycles. The number of rotatable bonds is 10. The number of Topliss-reactive ketones (excluding diaryl/α,β-unsaturated/α-hetero) is 1. The van der Waals surface area contributed by atoms with Gasteiger partial charge in [0.15, 0.2) is 5.78 Å². The largest absolute Gasteiger partial charge is 0.493 e. The van der Waals surface area contributed by atoms with Gasteiger partial charge in [0.25, 0.3) is 0 Å². The molecule has 3 aromatic rings. The summed E-state index contributed by atoms with van der Waals surface area (Å²) in [6, 6.07) is 22.5. The van der Waals surface area contributed by atoms with Crippen molar-refractivity contribution in [3.63, 3.8) is 0 Å². The van der Waals surface area contributed by atoms with E-state index >= 15 is 0 Å². The van der Waals surface area contributed by atoms with Crippen molar-refractivity contribution in [2.24, 2.45) is 0 Å².